The van der Waals surface area contributed by atoms with E-state index in [1.54, 1.807) is 50.4 Å². The van der Waals surface area contributed by atoms with Crippen molar-refractivity contribution in [2.45, 2.75) is 19.6 Å². The lowest BCUT2D eigenvalue weighted by Crippen LogP contribution is -2.33. The number of rotatable bonds is 10. The Hall–Kier alpha value is -4.00. The Bertz CT molecular complexity index is 1390. The molecule has 1 atom stereocenters. The summed E-state index contributed by atoms with van der Waals surface area (Å²) < 4.78 is 17.1. The maximum atomic E-state index is 12.5. The summed E-state index contributed by atoms with van der Waals surface area (Å²) in [5.41, 5.74) is 6.08. The zero-order valence-corrected chi connectivity index (χ0v) is 22.4. The lowest BCUT2D eigenvalue weighted by Gasteiger charge is -2.14. The van der Waals surface area contributed by atoms with E-state index in [9.17, 15) is 4.79 Å². The van der Waals surface area contributed by atoms with Crippen LogP contribution >= 0.6 is 23.2 Å². The van der Waals surface area contributed by atoms with Crippen LogP contribution in [0.1, 0.15) is 18.1 Å². The minimum absolute atomic E-state index is 0.186. The molecular weight excluding hydrogens is 523 g/mol. The topological polar surface area (TPSA) is 69.2 Å². The minimum atomic E-state index is -0.739. The maximum Gasteiger partial charge on any atom is 0.280 e. The first-order valence-corrected chi connectivity index (χ1v) is 12.6. The maximum absolute atomic E-state index is 12.5. The minimum Gasteiger partial charge on any atom is -0.493 e. The predicted molar refractivity (Wildman–Crippen MR) is 151 cm³/mol. The molecule has 0 unspecified atom stereocenters. The van der Waals surface area contributed by atoms with Gasteiger partial charge in [-0.15, -0.1) is 0 Å². The molecule has 0 heterocycles. The van der Waals surface area contributed by atoms with Gasteiger partial charge < -0.3 is 14.2 Å². The van der Waals surface area contributed by atoms with Gasteiger partial charge >= 0.3 is 0 Å². The van der Waals surface area contributed by atoms with Crippen LogP contribution in [0.3, 0.4) is 0 Å². The third-order valence-electron chi connectivity index (χ3n) is 5.65. The van der Waals surface area contributed by atoms with E-state index in [4.69, 9.17) is 37.4 Å². The summed E-state index contributed by atoms with van der Waals surface area (Å²) in [6.45, 7) is 1.85. The summed E-state index contributed by atoms with van der Waals surface area (Å²) >= 11 is 12.4. The molecule has 0 aliphatic rings. The first-order valence-electron chi connectivity index (χ1n) is 11.8. The number of carbonyl (C=O) groups is 1. The third kappa shape index (κ3) is 7.06. The number of halogens is 2. The van der Waals surface area contributed by atoms with Crippen molar-refractivity contribution < 1.29 is 19.0 Å². The van der Waals surface area contributed by atoms with Crippen LogP contribution in [0.5, 0.6) is 17.2 Å². The van der Waals surface area contributed by atoms with E-state index in [0.29, 0.717) is 38.4 Å². The molecule has 0 saturated carbocycles. The summed E-state index contributed by atoms with van der Waals surface area (Å²) in [6, 6.07) is 28.2. The standard InChI is InChI=1S/C30H26Cl2N2O4/c1-20(38-24-14-12-23(13-15-24)22-7-4-3-5-8-22)30(35)34-33-18-21-11-16-28(29(17-21)36-2)37-19-25-26(31)9-6-10-27(25)32/h3-18,20H,19H2,1-2H3,(H,34,35)/b33-18-/t20-/m1/s1. The highest BCUT2D eigenvalue weighted by Gasteiger charge is 2.14. The van der Waals surface area contributed by atoms with Crippen LogP contribution in [0.4, 0.5) is 0 Å². The molecule has 0 spiro atoms. The van der Waals surface area contributed by atoms with Crippen molar-refractivity contribution in [2.24, 2.45) is 5.10 Å². The normalized spacial score (nSPS) is 11.7. The van der Waals surface area contributed by atoms with Gasteiger partial charge in [-0.05, 0) is 66.1 Å². The molecule has 0 aliphatic carbocycles. The number of ether oxygens (including phenoxy) is 3. The van der Waals surface area contributed by atoms with Gasteiger partial charge in [0.05, 0.1) is 13.3 Å². The molecular formula is C30H26Cl2N2O4. The summed E-state index contributed by atoms with van der Waals surface area (Å²) in [5, 5.41) is 5.10. The number of hydrogen-bond acceptors (Lipinski definition) is 5. The van der Waals surface area contributed by atoms with E-state index >= 15 is 0 Å². The fourth-order valence-electron chi connectivity index (χ4n) is 3.58. The van der Waals surface area contributed by atoms with Gasteiger partial charge in [-0.2, -0.15) is 5.10 Å². The second-order valence-corrected chi connectivity index (χ2v) is 9.10. The van der Waals surface area contributed by atoms with Crippen molar-refractivity contribution in [1.29, 1.82) is 0 Å². The monoisotopic (exact) mass is 548 g/mol. The molecule has 4 rings (SSSR count). The molecule has 1 amide bonds. The molecule has 1 N–H and O–H groups in total. The van der Waals surface area contributed by atoms with Gasteiger partial charge in [0.15, 0.2) is 17.6 Å². The van der Waals surface area contributed by atoms with Gasteiger partial charge in [0.2, 0.25) is 0 Å². The van der Waals surface area contributed by atoms with Crippen molar-refractivity contribution in [1.82, 2.24) is 5.43 Å². The average molecular weight is 549 g/mol. The van der Waals surface area contributed by atoms with E-state index in [1.807, 2.05) is 54.6 Å². The Kier molecular flexibility index (Phi) is 9.25. The van der Waals surface area contributed by atoms with Crippen LogP contribution in [0, 0.1) is 0 Å². The van der Waals surface area contributed by atoms with Gasteiger partial charge in [0, 0.05) is 15.6 Å². The van der Waals surface area contributed by atoms with Crippen LogP contribution in [0.15, 0.2) is 96.1 Å². The fraction of sp³-hybridized carbons (Fsp3) is 0.133. The van der Waals surface area contributed by atoms with E-state index in [2.05, 4.69) is 10.5 Å². The predicted octanol–water partition coefficient (Wildman–Crippen LogP) is 7.17. The summed E-state index contributed by atoms with van der Waals surface area (Å²) in [6.07, 6.45) is 0.771. The van der Waals surface area contributed by atoms with Crippen molar-refractivity contribution >= 4 is 35.3 Å². The number of nitrogens with zero attached hydrogens (tertiary/aromatic N) is 1. The molecule has 6 nitrogen and oxygen atoms in total. The molecule has 0 aliphatic heterocycles. The Labute approximate surface area is 231 Å². The third-order valence-corrected chi connectivity index (χ3v) is 6.36. The van der Waals surface area contributed by atoms with Crippen LogP contribution in [-0.4, -0.2) is 25.3 Å². The smallest absolute Gasteiger partial charge is 0.280 e. The van der Waals surface area contributed by atoms with E-state index in [-0.39, 0.29) is 12.5 Å². The van der Waals surface area contributed by atoms with E-state index in [1.165, 1.54) is 6.21 Å². The van der Waals surface area contributed by atoms with Gasteiger partial charge in [-0.3, -0.25) is 4.79 Å². The molecule has 4 aromatic carbocycles. The van der Waals surface area contributed by atoms with Crippen molar-refractivity contribution in [3.8, 4) is 28.4 Å². The second-order valence-electron chi connectivity index (χ2n) is 8.28. The first kappa shape index (κ1) is 27.0. The van der Waals surface area contributed by atoms with Crippen LogP contribution in [-0.2, 0) is 11.4 Å². The number of carbonyl (C=O) groups excluding carboxylic acids is 1. The second kappa shape index (κ2) is 13.0. The molecule has 194 valence electrons. The summed E-state index contributed by atoms with van der Waals surface area (Å²) in [5.74, 6) is 1.23. The zero-order chi connectivity index (χ0) is 26.9. The fourth-order valence-corrected chi connectivity index (χ4v) is 4.09. The SMILES string of the molecule is COc1cc(/C=N\NC(=O)[C@@H](C)Oc2ccc(-c3ccccc3)cc2)ccc1OCc1c(Cl)cccc1Cl. The van der Waals surface area contributed by atoms with Gasteiger partial charge in [-0.1, -0.05) is 71.7 Å². The number of benzene rings is 4. The average Bonchev–Trinajstić information content (AvgIpc) is 2.94. The van der Waals surface area contributed by atoms with Crippen molar-refractivity contribution in [3.63, 3.8) is 0 Å². The van der Waals surface area contributed by atoms with Crippen molar-refractivity contribution in [2.75, 3.05) is 7.11 Å². The number of amides is 1. The first-order chi connectivity index (χ1) is 18.4. The lowest BCUT2D eigenvalue weighted by atomic mass is 10.1. The largest absolute Gasteiger partial charge is 0.493 e. The lowest BCUT2D eigenvalue weighted by molar-refractivity contribution is -0.127. The number of hydrogen-bond donors (Lipinski definition) is 1. The van der Waals surface area contributed by atoms with Crippen LogP contribution in [0.25, 0.3) is 11.1 Å². The summed E-state index contributed by atoms with van der Waals surface area (Å²) in [7, 11) is 1.54. The highest BCUT2D eigenvalue weighted by molar-refractivity contribution is 6.35. The molecule has 38 heavy (non-hydrogen) atoms. The zero-order valence-electron chi connectivity index (χ0n) is 20.9. The Morgan fingerprint density at radius 1 is 0.895 bits per heavy atom. The van der Waals surface area contributed by atoms with Gasteiger partial charge in [0.1, 0.15) is 12.4 Å². The van der Waals surface area contributed by atoms with Gasteiger partial charge in [0.25, 0.3) is 5.91 Å². The van der Waals surface area contributed by atoms with Crippen LogP contribution in [0.2, 0.25) is 10.0 Å². The number of hydrazone groups is 1. The van der Waals surface area contributed by atoms with E-state index in [0.717, 1.165) is 11.1 Å². The molecule has 0 radical (unpaired) electrons. The molecule has 8 heteroatoms. The van der Waals surface area contributed by atoms with Crippen molar-refractivity contribution in [3.05, 3.63) is 112 Å². The number of nitrogens with one attached hydrogen (secondary N) is 1. The summed E-state index contributed by atoms with van der Waals surface area (Å²) in [4.78, 5) is 12.5. The Balaban J connectivity index is 1.31. The highest BCUT2D eigenvalue weighted by atomic mass is 35.5. The van der Waals surface area contributed by atoms with Crippen LogP contribution < -0.4 is 19.6 Å². The quantitative estimate of drug-likeness (QED) is 0.168. The Morgan fingerprint density at radius 3 is 2.26 bits per heavy atom. The molecule has 0 aromatic heterocycles. The highest BCUT2D eigenvalue weighted by Crippen LogP contribution is 2.31. The van der Waals surface area contributed by atoms with Gasteiger partial charge in [-0.25, -0.2) is 5.43 Å². The van der Waals surface area contributed by atoms with E-state index < -0.39 is 6.10 Å². The molecule has 0 fully saturated rings. The molecule has 0 bridgehead atoms. The molecule has 4 aromatic rings. The number of methoxy groups -OCH3 is 1. The molecule has 0 saturated heterocycles. The Morgan fingerprint density at radius 2 is 1.58 bits per heavy atom.